The summed E-state index contributed by atoms with van der Waals surface area (Å²) in [6, 6.07) is 9.46. The van der Waals surface area contributed by atoms with Gasteiger partial charge in [-0.15, -0.1) is 0 Å². The standard InChI is InChI=1S/C10H8N4S/c1-14-10(12-7-13-14)15-9-4-2-8(6-11)3-5-9/h2-5,7H,1H3. The van der Waals surface area contributed by atoms with Crippen molar-refractivity contribution in [1.29, 1.82) is 5.26 Å². The minimum Gasteiger partial charge on any atom is -0.244 e. The Kier molecular flexibility index (Phi) is 2.70. The van der Waals surface area contributed by atoms with E-state index in [9.17, 15) is 0 Å². The van der Waals surface area contributed by atoms with Gasteiger partial charge in [0, 0.05) is 11.9 Å². The van der Waals surface area contributed by atoms with Gasteiger partial charge in [0.05, 0.1) is 11.6 Å². The monoisotopic (exact) mass is 216 g/mol. The quantitative estimate of drug-likeness (QED) is 0.768. The zero-order valence-electron chi connectivity index (χ0n) is 8.08. The molecule has 0 aliphatic rings. The average Bonchev–Trinajstić information content (AvgIpc) is 2.66. The second-order valence-electron chi connectivity index (χ2n) is 2.90. The van der Waals surface area contributed by atoms with Crippen molar-refractivity contribution in [2.45, 2.75) is 10.1 Å². The van der Waals surface area contributed by atoms with Gasteiger partial charge in [-0.25, -0.2) is 9.67 Å². The predicted molar refractivity (Wildman–Crippen MR) is 56.3 cm³/mol. The van der Waals surface area contributed by atoms with Crippen LogP contribution < -0.4 is 0 Å². The third-order valence-corrected chi connectivity index (χ3v) is 2.92. The first-order valence-electron chi connectivity index (χ1n) is 4.31. The van der Waals surface area contributed by atoms with Crippen molar-refractivity contribution >= 4 is 11.8 Å². The van der Waals surface area contributed by atoms with Crippen LogP contribution >= 0.6 is 11.8 Å². The first-order valence-corrected chi connectivity index (χ1v) is 5.13. The van der Waals surface area contributed by atoms with E-state index < -0.39 is 0 Å². The molecule has 15 heavy (non-hydrogen) atoms. The van der Waals surface area contributed by atoms with Crippen molar-refractivity contribution in [2.75, 3.05) is 0 Å². The van der Waals surface area contributed by atoms with Crippen LogP contribution in [0, 0.1) is 11.3 Å². The van der Waals surface area contributed by atoms with Crippen LogP contribution in [0.5, 0.6) is 0 Å². The van der Waals surface area contributed by atoms with Crippen molar-refractivity contribution in [3.8, 4) is 6.07 Å². The second kappa shape index (κ2) is 4.15. The van der Waals surface area contributed by atoms with Crippen molar-refractivity contribution in [3.05, 3.63) is 36.2 Å². The van der Waals surface area contributed by atoms with Crippen LogP contribution in [0.25, 0.3) is 0 Å². The molecular formula is C10H8N4S. The molecule has 0 spiro atoms. The Morgan fingerprint density at radius 2 is 2.07 bits per heavy atom. The van der Waals surface area contributed by atoms with Crippen LogP contribution in [0.15, 0.2) is 40.6 Å². The van der Waals surface area contributed by atoms with Crippen LogP contribution in [0.1, 0.15) is 5.56 Å². The Hall–Kier alpha value is -1.80. The van der Waals surface area contributed by atoms with E-state index in [1.165, 1.54) is 18.1 Å². The molecule has 0 radical (unpaired) electrons. The fourth-order valence-corrected chi connectivity index (χ4v) is 1.84. The first-order chi connectivity index (χ1) is 7.29. The van der Waals surface area contributed by atoms with Gasteiger partial charge in [0.25, 0.3) is 0 Å². The van der Waals surface area contributed by atoms with Gasteiger partial charge in [-0.05, 0) is 24.3 Å². The SMILES string of the molecule is Cn1ncnc1Sc1ccc(C#N)cc1. The minimum atomic E-state index is 0.664. The zero-order valence-corrected chi connectivity index (χ0v) is 8.90. The van der Waals surface area contributed by atoms with E-state index in [1.54, 1.807) is 16.8 Å². The molecule has 1 aromatic carbocycles. The normalized spacial score (nSPS) is 9.87. The lowest BCUT2D eigenvalue weighted by Gasteiger charge is -1.99. The Morgan fingerprint density at radius 1 is 1.33 bits per heavy atom. The van der Waals surface area contributed by atoms with Crippen LogP contribution in [0.4, 0.5) is 0 Å². The van der Waals surface area contributed by atoms with Gasteiger partial charge in [0.15, 0.2) is 5.16 Å². The lowest BCUT2D eigenvalue weighted by atomic mass is 10.2. The summed E-state index contributed by atoms with van der Waals surface area (Å²) in [5, 5.41) is 13.5. The number of aromatic nitrogens is 3. The second-order valence-corrected chi connectivity index (χ2v) is 3.95. The van der Waals surface area contributed by atoms with Crippen molar-refractivity contribution in [1.82, 2.24) is 14.8 Å². The Labute approximate surface area is 91.6 Å². The number of nitriles is 1. The highest BCUT2D eigenvalue weighted by molar-refractivity contribution is 7.99. The predicted octanol–water partition coefficient (Wildman–Crippen LogP) is 1.84. The van der Waals surface area contributed by atoms with E-state index in [4.69, 9.17) is 5.26 Å². The molecule has 2 rings (SSSR count). The van der Waals surface area contributed by atoms with Gasteiger partial charge >= 0.3 is 0 Å². The van der Waals surface area contributed by atoms with E-state index in [1.807, 2.05) is 19.2 Å². The molecule has 0 amide bonds. The summed E-state index contributed by atoms with van der Waals surface area (Å²) in [5.74, 6) is 0. The lowest BCUT2D eigenvalue weighted by Crippen LogP contribution is -1.92. The molecule has 74 valence electrons. The van der Waals surface area contributed by atoms with Crippen molar-refractivity contribution in [2.24, 2.45) is 7.05 Å². The molecule has 0 saturated heterocycles. The highest BCUT2D eigenvalue weighted by Gasteiger charge is 2.02. The molecule has 0 saturated carbocycles. The number of aryl methyl sites for hydroxylation is 1. The summed E-state index contributed by atoms with van der Waals surface area (Å²) in [5.41, 5.74) is 0.664. The summed E-state index contributed by atoms with van der Waals surface area (Å²) < 4.78 is 1.71. The number of benzene rings is 1. The highest BCUT2D eigenvalue weighted by Crippen LogP contribution is 2.24. The number of nitrogens with zero attached hydrogens (tertiary/aromatic N) is 4. The molecule has 2 aromatic rings. The van der Waals surface area contributed by atoms with E-state index >= 15 is 0 Å². The molecule has 0 N–H and O–H groups in total. The summed E-state index contributed by atoms with van der Waals surface area (Å²) >= 11 is 1.52. The number of rotatable bonds is 2. The maximum Gasteiger partial charge on any atom is 0.190 e. The molecule has 0 atom stereocenters. The largest absolute Gasteiger partial charge is 0.244 e. The Morgan fingerprint density at radius 3 is 2.60 bits per heavy atom. The Balaban J connectivity index is 2.19. The highest BCUT2D eigenvalue weighted by atomic mass is 32.2. The fraction of sp³-hybridized carbons (Fsp3) is 0.100. The van der Waals surface area contributed by atoms with Crippen LogP contribution in [-0.4, -0.2) is 14.8 Å². The van der Waals surface area contributed by atoms with Crippen molar-refractivity contribution in [3.63, 3.8) is 0 Å². The fourth-order valence-electron chi connectivity index (χ4n) is 1.08. The smallest absolute Gasteiger partial charge is 0.190 e. The zero-order chi connectivity index (χ0) is 10.7. The van der Waals surface area contributed by atoms with Crippen LogP contribution in [0.3, 0.4) is 0 Å². The van der Waals surface area contributed by atoms with E-state index in [0.29, 0.717) is 5.56 Å². The molecular weight excluding hydrogens is 208 g/mol. The summed E-state index contributed by atoms with van der Waals surface area (Å²) in [6.45, 7) is 0. The molecule has 0 bridgehead atoms. The molecule has 0 aliphatic heterocycles. The third kappa shape index (κ3) is 2.17. The van der Waals surface area contributed by atoms with Crippen molar-refractivity contribution < 1.29 is 0 Å². The van der Waals surface area contributed by atoms with E-state index in [-0.39, 0.29) is 0 Å². The molecule has 5 heteroatoms. The van der Waals surface area contributed by atoms with Gasteiger partial charge in [0.2, 0.25) is 0 Å². The molecule has 0 aliphatic carbocycles. The van der Waals surface area contributed by atoms with Gasteiger partial charge in [-0.3, -0.25) is 0 Å². The number of hydrogen-bond donors (Lipinski definition) is 0. The average molecular weight is 216 g/mol. The van der Waals surface area contributed by atoms with Gasteiger partial charge in [-0.1, -0.05) is 11.8 Å². The van der Waals surface area contributed by atoms with Crippen LogP contribution in [-0.2, 0) is 7.05 Å². The van der Waals surface area contributed by atoms with Gasteiger partial charge in [-0.2, -0.15) is 10.4 Å². The lowest BCUT2D eigenvalue weighted by molar-refractivity contribution is 0.685. The molecule has 1 heterocycles. The van der Waals surface area contributed by atoms with Crippen LogP contribution in [0.2, 0.25) is 0 Å². The maximum atomic E-state index is 8.65. The topological polar surface area (TPSA) is 54.5 Å². The maximum absolute atomic E-state index is 8.65. The van der Waals surface area contributed by atoms with E-state index in [0.717, 1.165) is 10.1 Å². The molecule has 1 aromatic heterocycles. The van der Waals surface area contributed by atoms with Gasteiger partial charge in [0.1, 0.15) is 6.33 Å². The first kappa shape index (κ1) is 9.74. The molecule has 0 unspecified atom stereocenters. The molecule has 0 fully saturated rings. The summed E-state index contributed by atoms with van der Waals surface area (Å²) in [6.07, 6.45) is 1.52. The van der Waals surface area contributed by atoms with E-state index in [2.05, 4.69) is 16.2 Å². The number of hydrogen-bond acceptors (Lipinski definition) is 4. The summed E-state index contributed by atoms with van der Waals surface area (Å²) in [4.78, 5) is 5.15. The summed E-state index contributed by atoms with van der Waals surface area (Å²) in [7, 11) is 1.85. The third-order valence-electron chi connectivity index (χ3n) is 1.86. The van der Waals surface area contributed by atoms with Gasteiger partial charge < -0.3 is 0 Å². The molecule has 4 nitrogen and oxygen atoms in total. The minimum absolute atomic E-state index is 0.664. The Bertz CT molecular complexity index is 495.